The molecule has 1 N–H and O–H groups in total. The van der Waals surface area contributed by atoms with Crippen LogP contribution in [0.5, 0.6) is 0 Å². The highest BCUT2D eigenvalue weighted by molar-refractivity contribution is 5.89. The van der Waals surface area contributed by atoms with E-state index in [1.54, 1.807) is 0 Å². The average molecular weight is 364 g/mol. The van der Waals surface area contributed by atoms with Crippen molar-refractivity contribution in [1.82, 2.24) is 9.80 Å². The molecular weight excluding hydrogens is 334 g/mol. The minimum absolute atomic E-state index is 0.0395. The monoisotopic (exact) mass is 363 g/mol. The van der Waals surface area contributed by atoms with Crippen LogP contribution in [0.25, 0.3) is 0 Å². The first-order chi connectivity index (χ1) is 13.2. The summed E-state index contributed by atoms with van der Waals surface area (Å²) in [7, 11) is 0. The molecule has 2 amide bonds. The number of hydrogen-bond acceptors (Lipinski definition) is 2. The van der Waals surface area contributed by atoms with E-state index in [0.717, 1.165) is 38.3 Å². The minimum Gasteiger partial charge on any atom is -0.323 e. The smallest absolute Gasteiger partial charge is 0.321 e. The number of nitrogens with one attached hydrogen (secondary N) is 1. The van der Waals surface area contributed by atoms with Crippen molar-refractivity contribution < 1.29 is 4.79 Å². The first-order valence-electron chi connectivity index (χ1n) is 10.1. The number of benzene rings is 2. The molecule has 5 rings (SSSR count). The highest BCUT2D eigenvalue weighted by atomic mass is 16.2. The Morgan fingerprint density at radius 2 is 1.74 bits per heavy atom. The van der Waals surface area contributed by atoms with Crippen molar-refractivity contribution in [1.29, 1.82) is 0 Å². The molecule has 0 aromatic heterocycles. The summed E-state index contributed by atoms with van der Waals surface area (Å²) in [5.74, 6) is 0.570. The van der Waals surface area contributed by atoms with Crippen LogP contribution in [0.1, 0.15) is 30.9 Å². The van der Waals surface area contributed by atoms with Gasteiger partial charge in [-0.05, 0) is 48.4 Å². The summed E-state index contributed by atoms with van der Waals surface area (Å²) in [5, 5.41) is 3.09. The van der Waals surface area contributed by atoms with Crippen LogP contribution < -0.4 is 5.32 Å². The highest BCUT2D eigenvalue weighted by Crippen LogP contribution is 2.29. The number of carbonyl (C=O) groups excluding carboxylic acids is 1. The van der Waals surface area contributed by atoms with E-state index in [-0.39, 0.29) is 6.03 Å². The van der Waals surface area contributed by atoms with Crippen LogP contribution in [0.2, 0.25) is 0 Å². The normalized spacial score (nSPS) is 22.5. The number of rotatable bonds is 4. The molecule has 2 aromatic rings. The third-order valence-corrected chi connectivity index (χ3v) is 5.96. The summed E-state index contributed by atoms with van der Waals surface area (Å²) in [6, 6.07) is 19.4. The van der Waals surface area contributed by atoms with Gasteiger partial charge in [0.2, 0.25) is 0 Å². The second kappa shape index (κ2) is 8.13. The number of fused-ring (bicyclic) bond motifs is 4. The lowest BCUT2D eigenvalue weighted by Gasteiger charge is -2.36. The fraction of sp³-hybridized carbons (Fsp3) is 0.435. The lowest BCUT2D eigenvalue weighted by molar-refractivity contribution is 0.124. The van der Waals surface area contributed by atoms with Crippen molar-refractivity contribution in [3.8, 4) is 0 Å². The number of piperidine rings is 1. The van der Waals surface area contributed by atoms with Crippen molar-refractivity contribution in [2.75, 3.05) is 25.0 Å². The largest absolute Gasteiger partial charge is 0.323 e. The quantitative estimate of drug-likeness (QED) is 0.875. The number of anilines is 1. The maximum atomic E-state index is 12.9. The molecule has 0 radical (unpaired) electrons. The summed E-state index contributed by atoms with van der Waals surface area (Å²) in [4.78, 5) is 17.5. The van der Waals surface area contributed by atoms with Gasteiger partial charge in [-0.3, -0.25) is 4.90 Å². The van der Waals surface area contributed by atoms with Gasteiger partial charge in [-0.1, -0.05) is 49.4 Å². The van der Waals surface area contributed by atoms with Crippen LogP contribution in [0.15, 0.2) is 54.6 Å². The fourth-order valence-corrected chi connectivity index (χ4v) is 4.38. The van der Waals surface area contributed by atoms with E-state index >= 15 is 0 Å². The molecule has 4 nitrogen and oxygen atoms in total. The van der Waals surface area contributed by atoms with E-state index in [0.29, 0.717) is 12.0 Å². The predicted octanol–water partition coefficient (Wildman–Crippen LogP) is 4.38. The van der Waals surface area contributed by atoms with Crippen molar-refractivity contribution >= 4 is 11.7 Å². The molecule has 27 heavy (non-hydrogen) atoms. The average Bonchev–Trinajstić information content (AvgIpc) is 3.01. The van der Waals surface area contributed by atoms with Crippen LogP contribution >= 0.6 is 0 Å². The van der Waals surface area contributed by atoms with E-state index < -0.39 is 0 Å². The Balaban J connectivity index is 1.40. The second-order valence-corrected chi connectivity index (χ2v) is 7.90. The van der Waals surface area contributed by atoms with Crippen LogP contribution in [-0.4, -0.2) is 41.5 Å². The number of carbonyl (C=O) groups is 1. The molecule has 3 heterocycles. The zero-order valence-corrected chi connectivity index (χ0v) is 16.1. The Morgan fingerprint density at radius 1 is 0.963 bits per heavy atom. The topological polar surface area (TPSA) is 35.6 Å². The van der Waals surface area contributed by atoms with Crippen LogP contribution in [0.3, 0.4) is 0 Å². The fourth-order valence-electron chi connectivity index (χ4n) is 4.38. The second-order valence-electron chi connectivity index (χ2n) is 7.90. The summed E-state index contributed by atoms with van der Waals surface area (Å²) in [6.07, 6.45) is 3.43. The molecular formula is C23H29N3O. The van der Waals surface area contributed by atoms with Gasteiger partial charge in [0.1, 0.15) is 0 Å². The van der Waals surface area contributed by atoms with E-state index in [2.05, 4.69) is 59.6 Å². The van der Waals surface area contributed by atoms with Crippen molar-refractivity contribution in [2.24, 2.45) is 5.92 Å². The first kappa shape index (κ1) is 18.1. The molecule has 3 aliphatic heterocycles. The lowest BCUT2D eigenvalue weighted by atomic mass is 9.94. The molecule has 0 saturated carbocycles. The number of nitrogens with zero attached hydrogens (tertiary/aromatic N) is 2. The van der Waals surface area contributed by atoms with Gasteiger partial charge in [-0.15, -0.1) is 0 Å². The Kier molecular flexibility index (Phi) is 5.44. The Bertz CT molecular complexity index is 759. The van der Waals surface area contributed by atoms with Crippen molar-refractivity contribution in [3.63, 3.8) is 0 Å². The van der Waals surface area contributed by atoms with E-state index in [1.165, 1.54) is 24.0 Å². The lowest BCUT2D eigenvalue weighted by Crippen LogP contribution is -2.44. The van der Waals surface area contributed by atoms with E-state index in [9.17, 15) is 4.79 Å². The van der Waals surface area contributed by atoms with Gasteiger partial charge < -0.3 is 10.2 Å². The molecule has 4 heteroatoms. The molecule has 3 saturated heterocycles. The maximum Gasteiger partial charge on any atom is 0.321 e. The van der Waals surface area contributed by atoms with Gasteiger partial charge in [-0.2, -0.15) is 0 Å². The van der Waals surface area contributed by atoms with Crippen LogP contribution in [0, 0.1) is 5.92 Å². The highest BCUT2D eigenvalue weighted by Gasteiger charge is 2.36. The standard InChI is InChI=1S/C23H29N3O/c1-2-18-8-11-21(12-9-18)24-23(27)26-16-20-10-13-22(17-26)25(15-20)14-19-6-4-3-5-7-19/h3-9,11-12,20,22H,2,10,13-17H2,1H3,(H,24,27)/t20-,22-/m0/s1. The zero-order valence-electron chi connectivity index (χ0n) is 16.1. The van der Waals surface area contributed by atoms with Crippen LogP contribution in [0.4, 0.5) is 10.5 Å². The number of urea groups is 1. The minimum atomic E-state index is 0.0395. The third kappa shape index (κ3) is 4.33. The Morgan fingerprint density at radius 3 is 2.48 bits per heavy atom. The van der Waals surface area contributed by atoms with Gasteiger partial charge in [0.15, 0.2) is 0 Å². The molecule has 3 aliphatic rings. The first-order valence-corrected chi connectivity index (χ1v) is 10.1. The molecule has 2 atom stereocenters. The van der Waals surface area contributed by atoms with Gasteiger partial charge >= 0.3 is 6.03 Å². The summed E-state index contributed by atoms with van der Waals surface area (Å²) < 4.78 is 0. The van der Waals surface area contributed by atoms with Gasteiger partial charge in [0.25, 0.3) is 0 Å². The molecule has 0 spiro atoms. The molecule has 2 bridgehead atoms. The van der Waals surface area contributed by atoms with E-state index in [4.69, 9.17) is 0 Å². The third-order valence-electron chi connectivity index (χ3n) is 5.96. The maximum absolute atomic E-state index is 12.9. The number of amides is 2. The van der Waals surface area contributed by atoms with Gasteiger partial charge in [0.05, 0.1) is 0 Å². The molecule has 0 aliphatic carbocycles. The van der Waals surface area contributed by atoms with Gasteiger partial charge in [0, 0.05) is 37.9 Å². The summed E-state index contributed by atoms with van der Waals surface area (Å²) in [5.41, 5.74) is 3.53. The van der Waals surface area contributed by atoms with Crippen LogP contribution in [-0.2, 0) is 13.0 Å². The predicted molar refractivity (Wildman–Crippen MR) is 110 cm³/mol. The Labute approximate surface area is 162 Å². The molecule has 0 unspecified atom stereocenters. The van der Waals surface area contributed by atoms with E-state index in [1.807, 2.05) is 17.0 Å². The SMILES string of the molecule is CCc1ccc(NC(=O)N2C[C@H]3CC[C@@H](C2)N(Cc2ccccc2)C3)cc1. The number of hydrogen-bond donors (Lipinski definition) is 1. The summed E-state index contributed by atoms with van der Waals surface area (Å²) in [6.45, 7) is 5.90. The molecule has 3 fully saturated rings. The molecule has 2 aromatic carbocycles. The van der Waals surface area contributed by atoms with Gasteiger partial charge in [-0.25, -0.2) is 4.79 Å². The summed E-state index contributed by atoms with van der Waals surface area (Å²) >= 11 is 0. The van der Waals surface area contributed by atoms with Crippen molar-refractivity contribution in [2.45, 2.75) is 38.8 Å². The zero-order chi connectivity index (χ0) is 18.6. The molecule has 142 valence electrons. The van der Waals surface area contributed by atoms with Crippen molar-refractivity contribution in [3.05, 3.63) is 65.7 Å². The number of aryl methyl sites for hydroxylation is 1. The Hall–Kier alpha value is -2.33.